The minimum Gasteiger partial charge on any atom is -0.457 e. The Hall–Kier alpha value is -1.28. The summed E-state index contributed by atoms with van der Waals surface area (Å²) in [4.78, 5) is 22.5. The van der Waals surface area contributed by atoms with E-state index in [-0.39, 0.29) is 32.3 Å². The van der Waals surface area contributed by atoms with Gasteiger partial charge in [0, 0.05) is 19.6 Å². The molecule has 0 bridgehead atoms. The quantitative estimate of drug-likeness (QED) is 0.0273. The third kappa shape index (κ3) is 41.7. The predicted molar refractivity (Wildman–Crippen MR) is 224 cm³/mol. The second-order valence-corrected chi connectivity index (χ2v) is 16.0. The summed E-state index contributed by atoms with van der Waals surface area (Å²) in [6.07, 6.45) is 47.3. The van der Waals surface area contributed by atoms with Gasteiger partial charge in [-0.1, -0.05) is 185 Å². The van der Waals surface area contributed by atoms with E-state index in [1.165, 1.54) is 128 Å². The lowest BCUT2D eigenvalue weighted by atomic mass is 10.0. The van der Waals surface area contributed by atoms with Crippen LogP contribution in [0.4, 0.5) is 0 Å². The van der Waals surface area contributed by atoms with Gasteiger partial charge < -0.3 is 20.1 Å². The lowest BCUT2D eigenvalue weighted by Gasteiger charge is -2.20. The average molecular weight is 770 g/mol. The van der Waals surface area contributed by atoms with Crippen molar-refractivity contribution in [1.29, 1.82) is 0 Å². The highest BCUT2D eigenvalue weighted by atomic mass is 31.2. The summed E-state index contributed by atoms with van der Waals surface area (Å²) in [7, 11) is -4.28. The van der Waals surface area contributed by atoms with Gasteiger partial charge in [0.15, 0.2) is 0 Å². The highest BCUT2D eigenvalue weighted by Gasteiger charge is 2.25. The Morgan fingerprint density at radius 2 is 1.06 bits per heavy atom. The number of rotatable bonds is 42. The van der Waals surface area contributed by atoms with Crippen LogP contribution in [0.25, 0.3) is 0 Å². The fourth-order valence-corrected chi connectivity index (χ4v) is 6.89. The van der Waals surface area contributed by atoms with E-state index in [0.29, 0.717) is 13.0 Å². The van der Waals surface area contributed by atoms with Crippen molar-refractivity contribution in [3.63, 3.8) is 0 Å². The first-order valence-corrected chi connectivity index (χ1v) is 23.5. The van der Waals surface area contributed by atoms with Gasteiger partial charge in [-0.05, 0) is 44.9 Å². The maximum absolute atomic E-state index is 12.6. The summed E-state index contributed by atoms with van der Waals surface area (Å²) < 4.78 is 33.4. The molecule has 0 aliphatic carbocycles. The van der Waals surface area contributed by atoms with Gasteiger partial charge in [-0.25, -0.2) is 4.57 Å². The number of unbranched alkanes of at least 4 members (excludes halogenated alkanes) is 23. The average Bonchev–Trinajstić information content (AvgIpc) is 3.15. The molecular formula is C44H84NO7P. The van der Waals surface area contributed by atoms with Gasteiger partial charge in [0.25, 0.3) is 0 Å². The Balaban J connectivity index is 4.01. The van der Waals surface area contributed by atoms with Crippen molar-refractivity contribution in [3.05, 3.63) is 36.5 Å². The summed E-state index contributed by atoms with van der Waals surface area (Å²) in [5.74, 6) is -0.331. The van der Waals surface area contributed by atoms with Crippen LogP contribution in [-0.4, -0.2) is 49.9 Å². The Labute approximate surface area is 327 Å². The molecule has 0 saturated carbocycles. The predicted octanol–water partition coefficient (Wildman–Crippen LogP) is 13.0. The number of phosphoric acid groups is 1. The fourth-order valence-electron chi connectivity index (χ4n) is 6.13. The van der Waals surface area contributed by atoms with E-state index in [0.717, 1.165) is 51.4 Å². The minimum atomic E-state index is -4.28. The van der Waals surface area contributed by atoms with Crippen LogP contribution in [0.5, 0.6) is 0 Å². The van der Waals surface area contributed by atoms with Crippen LogP contribution in [0, 0.1) is 0 Å². The largest absolute Gasteiger partial charge is 0.472 e. The maximum Gasteiger partial charge on any atom is 0.472 e. The molecule has 0 fully saturated rings. The smallest absolute Gasteiger partial charge is 0.457 e. The van der Waals surface area contributed by atoms with E-state index in [9.17, 15) is 14.3 Å². The molecule has 3 N–H and O–H groups in total. The molecule has 0 saturated heterocycles. The fraction of sp³-hybridized carbons (Fsp3) is 0.841. The molecule has 0 aromatic carbocycles. The second-order valence-electron chi connectivity index (χ2n) is 14.5. The zero-order valence-electron chi connectivity index (χ0n) is 34.5. The third-order valence-corrected chi connectivity index (χ3v) is 10.3. The zero-order chi connectivity index (χ0) is 38.8. The molecule has 0 aliphatic rings. The molecule has 0 aromatic rings. The molecule has 0 radical (unpaired) electrons. The lowest BCUT2D eigenvalue weighted by Crippen LogP contribution is -2.28. The molecule has 0 rings (SSSR count). The summed E-state index contributed by atoms with van der Waals surface area (Å²) >= 11 is 0. The summed E-state index contributed by atoms with van der Waals surface area (Å²) in [5.41, 5.74) is 5.37. The van der Waals surface area contributed by atoms with Gasteiger partial charge in [0.1, 0.15) is 6.10 Å². The highest BCUT2D eigenvalue weighted by molar-refractivity contribution is 7.47. The number of nitrogens with two attached hydrogens (primary N) is 1. The van der Waals surface area contributed by atoms with Crippen LogP contribution in [0.3, 0.4) is 0 Å². The first-order chi connectivity index (χ1) is 25.9. The molecular weight excluding hydrogens is 685 g/mol. The van der Waals surface area contributed by atoms with E-state index in [2.05, 4.69) is 50.3 Å². The topological polar surface area (TPSA) is 117 Å². The normalized spacial score (nSPS) is 13.8. The van der Waals surface area contributed by atoms with E-state index in [4.69, 9.17) is 24.3 Å². The van der Waals surface area contributed by atoms with E-state index in [1.807, 2.05) is 0 Å². The Morgan fingerprint density at radius 3 is 1.58 bits per heavy atom. The van der Waals surface area contributed by atoms with Gasteiger partial charge in [-0.3, -0.25) is 13.8 Å². The van der Waals surface area contributed by atoms with Crippen molar-refractivity contribution in [2.75, 3.05) is 33.0 Å². The molecule has 2 atom stereocenters. The van der Waals surface area contributed by atoms with Crippen LogP contribution in [0.15, 0.2) is 36.5 Å². The highest BCUT2D eigenvalue weighted by Crippen LogP contribution is 2.43. The number of esters is 1. The molecule has 0 aromatic heterocycles. The van der Waals surface area contributed by atoms with E-state index in [1.54, 1.807) is 0 Å². The van der Waals surface area contributed by atoms with Gasteiger partial charge in [0.05, 0.1) is 19.8 Å². The molecule has 9 heteroatoms. The lowest BCUT2D eigenvalue weighted by molar-refractivity contribution is -0.154. The molecule has 2 unspecified atom stereocenters. The monoisotopic (exact) mass is 770 g/mol. The van der Waals surface area contributed by atoms with Gasteiger partial charge >= 0.3 is 13.8 Å². The first kappa shape index (κ1) is 51.7. The van der Waals surface area contributed by atoms with Crippen LogP contribution in [-0.2, 0) is 27.9 Å². The van der Waals surface area contributed by atoms with Crippen LogP contribution in [0.1, 0.15) is 200 Å². The van der Waals surface area contributed by atoms with Gasteiger partial charge in [-0.15, -0.1) is 0 Å². The molecule has 0 aliphatic heterocycles. The summed E-state index contributed by atoms with van der Waals surface area (Å²) in [6, 6.07) is 0. The van der Waals surface area contributed by atoms with Crippen LogP contribution < -0.4 is 5.73 Å². The third-order valence-electron chi connectivity index (χ3n) is 9.32. The molecule has 312 valence electrons. The minimum absolute atomic E-state index is 0.0961. The van der Waals surface area contributed by atoms with Crippen molar-refractivity contribution in [2.24, 2.45) is 5.73 Å². The molecule has 0 heterocycles. The molecule has 53 heavy (non-hydrogen) atoms. The van der Waals surface area contributed by atoms with Crippen molar-refractivity contribution in [3.8, 4) is 0 Å². The van der Waals surface area contributed by atoms with Crippen molar-refractivity contribution in [1.82, 2.24) is 0 Å². The first-order valence-electron chi connectivity index (χ1n) is 22.0. The summed E-state index contributed by atoms with van der Waals surface area (Å²) in [6.45, 7) is 4.82. The van der Waals surface area contributed by atoms with Crippen molar-refractivity contribution < 1.29 is 32.8 Å². The second kappa shape index (κ2) is 41.9. The van der Waals surface area contributed by atoms with Gasteiger partial charge in [0.2, 0.25) is 0 Å². The van der Waals surface area contributed by atoms with E-state index < -0.39 is 13.9 Å². The standard InChI is InChI=1S/C44H84NO7P/c1-3-5-7-9-11-13-15-17-19-21-22-24-26-28-30-32-34-36-39-49-41-43(42-51-53(47,48)50-40-38-45)52-44(46)37-35-33-31-29-27-25-23-20-18-16-14-12-10-8-6-4-2/h5,7,11,13,17,19,43H,3-4,6,8-10,12,14-16,18,20-42,45H2,1-2H3,(H,47,48)/b7-5-,13-11-,19-17-. The molecule has 0 spiro atoms. The number of hydrogen-bond donors (Lipinski definition) is 2. The zero-order valence-corrected chi connectivity index (χ0v) is 35.4. The Bertz CT molecular complexity index is 910. The van der Waals surface area contributed by atoms with Crippen molar-refractivity contribution in [2.45, 2.75) is 206 Å². The number of hydrogen-bond acceptors (Lipinski definition) is 7. The maximum atomic E-state index is 12.6. The Morgan fingerprint density at radius 1 is 0.585 bits per heavy atom. The SMILES string of the molecule is CC/C=C\C/C=C\C/C=C\CCCCCCCCCCOCC(COP(=O)(O)OCCN)OC(=O)CCCCCCCCCCCCCCCCCC. The number of phosphoric ester groups is 1. The van der Waals surface area contributed by atoms with Crippen LogP contribution >= 0.6 is 7.82 Å². The van der Waals surface area contributed by atoms with Crippen LogP contribution in [0.2, 0.25) is 0 Å². The Kier molecular flexibility index (Phi) is 40.9. The van der Waals surface area contributed by atoms with Gasteiger partial charge in [-0.2, -0.15) is 0 Å². The van der Waals surface area contributed by atoms with Crippen molar-refractivity contribution >= 4 is 13.8 Å². The molecule has 8 nitrogen and oxygen atoms in total. The molecule has 0 amide bonds. The van der Waals surface area contributed by atoms with E-state index >= 15 is 0 Å². The number of allylic oxidation sites excluding steroid dienone is 6. The number of carbonyl (C=O) groups is 1. The number of ether oxygens (including phenoxy) is 2. The number of carbonyl (C=O) groups excluding carboxylic acids is 1. The summed E-state index contributed by atoms with van der Waals surface area (Å²) in [5, 5.41) is 0.